The Bertz CT molecular complexity index is 1370. The standard InChI is InChI=1S/C25H25N3O5/c1-15-19(24(30)33-14-16-10-6-5-7-11-16)20(17-12-8-9-13-18(17)32-4)21-22(26-15)27(2)25(31)28(3)23(21)29/h5-13,20,26H,14H2,1-4H3. The molecule has 4 rings (SSSR count). The van der Waals surface area contributed by atoms with Crippen LogP contribution in [0.3, 0.4) is 0 Å². The summed E-state index contributed by atoms with van der Waals surface area (Å²) in [7, 11) is 4.53. The van der Waals surface area contributed by atoms with Gasteiger partial charge in [-0.2, -0.15) is 0 Å². The van der Waals surface area contributed by atoms with Crippen molar-refractivity contribution in [3.05, 3.63) is 103 Å². The molecule has 1 aliphatic rings. The number of nitrogens with one attached hydrogen (secondary N) is 1. The van der Waals surface area contributed by atoms with E-state index < -0.39 is 23.1 Å². The van der Waals surface area contributed by atoms with Crippen LogP contribution in [-0.4, -0.2) is 22.2 Å². The van der Waals surface area contributed by atoms with E-state index in [1.54, 1.807) is 26.1 Å². The van der Waals surface area contributed by atoms with Gasteiger partial charge in [0.1, 0.15) is 18.2 Å². The van der Waals surface area contributed by atoms with Crippen molar-refractivity contribution >= 4 is 11.8 Å². The van der Waals surface area contributed by atoms with Crippen LogP contribution in [0.1, 0.15) is 29.5 Å². The number of allylic oxidation sites excluding steroid dienone is 1. The lowest BCUT2D eigenvalue weighted by Crippen LogP contribution is -2.43. The van der Waals surface area contributed by atoms with Crippen molar-refractivity contribution in [2.75, 3.05) is 12.4 Å². The third-order valence-corrected chi connectivity index (χ3v) is 5.87. The first-order chi connectivity index (χ1) is 15.8. The summed E-state index contributed by atoms with van der Waals surface area (Å²) in [5.41, 5.74) is 1.59. The molecule has 8 heteroatoms. The Morgan fingerprint density at radius 3 is 2.36 bits per heavy atom. The average molecular weight is 447 g/mol. The maximum absolute atomic E-state index is 13.4. The van der Waals surface area contributed by atoms with E-state index in [0.29, 0.717) is 28.4 Å². The van der Waals surface area contributed by atoms with Crippen molar-refractivity contribution in [1.29, 1.82) is 0 Å². The van der Waals surface area contributed by atoms with Gasteiger partial charge in [0, 0.05) is 25.4 Å². The number of hydrogen-bond acceptors (Lipinski definition) is 6. The lowest BCUT2D eigenvalue weighted by atomic mass is 9.81. The first kappa shape index (κ1) is 22.1. The normalized spacial score (nSPS) is 15.0. The van der Waals surface area contributed by atoms with Crippen LogP contribution in [0.15, 0.2) is 75.5 Å². The molecule has 1 unspecified atom stereocenters. The lowest BCUT2D eigenvalue weighted by Gasteiger charge is -2.31. The summed E-state index contributed by atoms with van der Waals surface area (Å²) in [6.45, 7) is 1.82. The van der Waals surface area contributed by atoms with E-state index >= 15 is 0 Å². The average Bonchev–Trinajstić information content (AvgIpc) is 2.84. The number of rotatable bonds is 5. The maximum atomic E-state index is 13.4. The quantitative estimate of drug-likeness (QED) is 0.605. The van der Waals surface area contributed by atoms with Crippen molar-refractivity contribution < 1.29 is 14.3 Å². The van der Waals surface area contributed by atoms with Crippen LogP contribution < -0.4 is 21.3 Å². The predicted molar refractivity (Wildman–Crippen MR) is 124 cm³/mol. The number of carbonyl (C=O) groups is 1. The SMILES string of the molecule is COc1ccccc1C1C(C(=O)OCc2ccccc2)=C(C)Nc2c1c(=O)n(C)c(=O)n2C. The van der Waals surface area contributed by atoms with E-state index in [2.05, 4.69) is 5.32 Å². The number of benzene rings is 2. The summed E-state index contributed by atoms with van der Waals surface area (Å²) >= 11 is 0. The Labute approximate surface area is 190 Å². The molecule has 2 aromatic carbocycles. The Kier molecular flexibility index (Phi) is 5.91. The van der Waals surface area contributed by atoms with Gasteiger partial charge in [0.2, 0.25) is 0 Å². The molecule has 170 valence electrons. The minimum absolute atomic E-state index is 0.0905. The number of ether oxygens (including phenoxy) is 2. The van der Waals surface area contributed by atoms with Gasteiger partial charge in [-0.3, -0.25) is 13.9 Å². The molecule has 0 saturated carbocycles. The monoisotopic (exact) mass is 447 g/mol. The molecule has 1 atom stereocenters. The first-order valence-electron chi connectivity index (χ1n) is 10.5. The number of aromatic nitrogens is 2. The fourth-order valence-electron chi connectivity index (χ4n) is 4.18. The van der Waals surface area contributed by atoms with E-state index in [-0.39, 0.29) is 12.2 Å². The number of esters is 1. The minimum atomic E-state index is -0.786. The third kappa shape index (κ3) is 3.84. The molecule has 2 heterocycles. The Morgan fingerprint density at radius 1 is 1.00 bits per heavy atom. The molecule has 1 aliphatic heterocycles. The second-order valence-electron chi connectivity index (χ2n) is 7.87. The van der Waals surface area contributed by atoms with Gasteiger partial charge in [0.05, 0.1) is 24.2 Å². The molecule has 33 heavy (non-hydrogen) atoms. The molecule has 0 aliphatic carbocycles. The number of nitrogens with zero attached hydrogens (tertiary/aromatic N) is 2. The van der Waals surface area contributed by atoms with Gasteiger partial charge < -0.3 is 14.8 Å². The third-order valence-electron chi connectivity index (χ3n) is 5.87. The largest absolute Gasteiger partial charge is 0.496 e. The number of para-hydroxylation sites is 1. The van der Waals surface area contributed by atoms with Gasteiger partial charge in [-0.25, -0.2) is 9.59 Å². The number of hydrogen-bond donors (Lipinski definition) is 1. The number of fused-ring (bicyclic) bond motifs is 1. The highest BCUT2D eigenvalue weighted by atomic mass is 16.5. The van der Waals surface area contributed by atoms with Crippen LogP contribution >= 0.6 is 0 Å². The number of anilines is 1. The van der Waals surface area contributed by atoms with Crippen LogP contribution in [0.25, 0.3) is 0 Å². The van der Waals surface area contributed by atoms with Crippen LogP contribution in [0.4, 0.5) is 5.82 Å². The molecular formula is C25H25N3O5. The van der Waals surface area contributed by atoms with E-state index in [9.17, 15) is 14.4 Å². The van der Waals surface area contributed by atoms with Crippen molar-refractivity contribution in [3.63, 3.8) is 0 Å². The van der Waals surface area contributed by atoms with Crippen LogP contribution in [0, 0.1) is 0 Å². The van der Waals surface area contributed by atoms with Crippen molar-refractivity contribution in [2.45, 2.75) is 19.4 Å². The topological polar surface area (TPSA) is 91.6 Å². The summed E-state index contributed by atoms with van der Waals surface area (Å²) in [4.78, 5) is 39.3. The van der Waals surface area contributed by atoms with Crippen LogP contribution in [0.5, 0.6) is 5.75 Å². The van der Waals surface area contributed by atoms with E-state index in [1.807, 2.05) is 42.5 Å². The molecule has 0 spiro atoms. The number of methoxy groups -OCH3 is 1. The molecule has 0 bridgehead atoms. The zero-order chi connectivity index (χ0) is 23.7. The van der Waals surface area contributed by atoms with Gasteiger partial charge in [0.15, 0.2) is 0 Å². The first-order valence-corrected chi connectivity index (χ1v) is 10.5. The second-order valence-corrected chi connectivity index (χ2v) is 7.87. The highest BCUT2D eigenvalue weighted by molar-refractivity contribution is 5.94. The number of carbonyl (C=O) groups excluding carboxylic acids is 1. The van der Waals surface area contributed by atoms with Crippen LogP contribution in [0.2, 0.25) is 0 Å². The molecule has 1 N–H and O–H groups in total. The maximum Gasteiger partial charge on any atom is 0.337 e. The summed E-state index contributed by atoms with van der Waals surface area (Å²) in [5, 5.41) is 3.09. The van der Waals surface area contributed by atoms with Gasteiger partial charge in [-0.05, 0) is 18.6 Å². The molecule has 0 saturated heterocycles. The van der Waals surface area contributed by atoms with Gasteiger partial charge in [-0.15, -0.1) is 0 Å². The van der Waals surface area contributed by atoms with E-state index in [0.717, 1.165) is 10.1 Å². The summed E-state index contributed by atoms with van der Waals surface area (Å²) in [6, 6.07) is 16.6. The lowest BCUT2D eigenvalue weighted by molar-refractivity contribution is -0.140. The zero-order valence-corrected chi connectivity index (χ0v) is 18.9. The molecule has 8 nitrogen and oxygen atoms in total. The van der Waals surface area contributed by atoms with Gasteiger partial charge >= 0.3 is 11.7 Å². The molecule has 1 aromatic heterocycles. The Balaban J connectivity index is 1.90. The molecule has 0 amide bonds. The molecule has 0 radical (unpaired) electrons. The van der Waals surface area contributed by atoms with E-state index in [1.165, 1.54) is 18.7 Å². The Morgan fingerprint density at radius 2 is 1.67 bits per heavy atom. The van der Waals surface area contributed by atoms with Crippen molar-refractivity contribution in [2.24, 2.45) is 14.1 Å². The highest BCUT2D eigenvalue weighted by Crippen LogP contribution is 2.43. The Hall–Kier alpha value is -4.07. The molecule has 3 aromatic rings. The highest BCUT2D eigenvalue weighted by Gasteiger charge is 2.38. The van der Waals surface area contributed by atoms with E-state index in [4.69, 9.17) is 9.47 Å². The molecule has 0 fully saturated rings. The predicted octanol–water partition coefficient (Wildman–Crippen LogP) is 2.67. The fourth-order valence-corrected chi connectivity index (χ4v) is 4.18. The minimum Gasteiger partial charge on any atom is -0.496 e. The van der Waals surface area contributed by atoms with Crippen molar-refractivity contribution in [1.82, 2.24) is 9.13 Å². The van der Waals surface area contributed by atoms with Crippen LogP contribution in [-0.2, 0) is 30.2 Å². The zero-order valence-electron chi connectivity index (χ0n) is 18.9. The smallest absolute Gasteiger partial charge is 0.337 e. The fraction of sp³-hybridized carbons (Fsp3) is 0.240. The molecular weight excluding hydrogens is 422 g/mol. The summed E-state index contributed by atoms with van der Waals surface area (Å²) < 4.78 is 13.6. The second kappa shape index (κ2) is 8.82. The van der Waals surface area contributed by atoms with Crippen molar-refractivity contribution in [3.8, 4) is 5.75 Å². The summed E-state index contributed by atoms with van der Waals surface area (Å²) in [6.07, 6.45) is 0. The van der Waals surface area contributed by atoms with Gasteiger partial charge in [-0.1, -0.05) is 48.5 Å². The van der Waals surface area contributed by atoms with Gasteiger partial charge in [0.25, 0.3) is 5.56 Å². The summed E-state index contributed by atoms with van der Waals surface area (Å²) in [5.74, 6) is -0.476.